The molecule has 0 saturated carbocycles. The molecule has 0 aliphatic rings. The number of hydrogen-bond acceptors (Lipinski definition) is 5. The fourth-order valence-corrected chi connectivity index (χ4v) is 3.79. The highest BCUT2D eigenvalue weighted by atomic mass is 32.2. The van der Waals surface area contributed by atoms with Crippen molar-refractivity contribution in [1.29, 1.82) is 0 Å². The minimum absolute atomic E-state index is 0.678. The van der Waals surface area contributed by atoms with E-state index in [1.54, 1.807) is 18.9 Å². The first kappa shape index (κ1) is 17.4. The number of imidazole rings is 1. The molecule has 0 aliphatic heterocycles. The van der Waals surface area contributed by atoms with Crippen LogP contribution in [-0.2, 0) is 5.75 Å². The zero-order chi connectivity index (χ0) is 18.6. The van der Waals surface area contributed by atoms with Gasteiger partial charge in [-0.25, -0.2) is 4.98 Å². The van der Waals surface area contributed by atoms with Gasteiger partial charge in [-0.2, -0.15) is 0 Å². The van der Waals surface area contributed by atoms with Crippen LogP contribution in [0.5, 0.6) is 5.75 Å². The summed E-state index contributed by atoms with van der Waals surface area (Å²) in [6.45, 7) is 1.89. The molecule has 6 heteroatoms. The van der Waals surface area contributed by atoms with Crippen molar-refractivity contribution in [2.75, 3.05) is 7.11 Å². The standard InChI is InChI=1S/C21H19N3O2S/c1-15-12-17(23-26-15)14-27-21-22-13-19(16-8-4-3-5-9-16)24(21)18-10-6-7-11-20(18)25-2/h3-13H,14H2,1-2H3. The monoisotopic (exact) mass is 377 g/mol. The first-order valence-electron chi connectivity index (χ1n) is 8.58. The van der Waals surface area contributed by atoms with Crippen LogP contribution in [0.2, 0.25) is 0 Å². The third kappa shape index (κ3) is 3.61. The van der Waals surface area contributed by atoms with Gasteiger partial charge in [0.1, 0.15) is 11.5 Å². The molecule has 2 aromatic heterocycles. The molecule has 2 heterocycles. The van der Waals surface area contributed by atoms with E-state index in [0.29, 0.717) is 5.75 Å². The molecule has 0 saturated heterocycles. The highest BCUT2D eigenvalue weighted by molar-refractivity contribution is 7.98. The van der Waals surface area contributed by atoms with Gasteiger partial charge >= 0.3 is 0 Å². The molecule has 0 amide bonds. The quantitative estimate of drug-likeness (QED) is 0.436. The van der Waals surface area contributed by atoms with Gasteiger partial charge in [0.05, 0.1) is 30.4 Å². The lowest BCUT2D eigenvalue weighted by molar-refractivity contribution is 0.393. The van der Waals surface area contributed by atoms with Crippen molar-refractivity contribution in [3.05, 3.63) is 78.3 Å². The molecular weight excluding hydrogens is 358 g/mol. The van der Waals surface area contributed by atoms with Crippen LogP contribution in [0.1, 0.15) is 11.5 Å². The number of rotatable bonds is 6. The van der Waals surface area contributed by atoms with Crippen LogP contribution in [0.15, 0.2) is 76.5 Å². The molecule has 0 bridgehead atoms. The zero-order valence-electron chi connectivity index (χ0n) is 15.1. The Morgan fingerprint density at radius 3 is 2.59 bits per heavy atom. The third-order valence-electron chi connectivity index (χ3n) is 4.15. The number of benzene rings is 2. The normalized spacial score (nSPS) is 10.9. The molecule has 4 aromatic rings. The van der Waals surface area contributed by atoms with Gasteiger partial charge in [0.2, 0.25) is 0 Å². The van der Waals surface area contributed by atoms with Crippen molar-refractivity contribution in [2.24, 2.45) is 0 Å². The summed E-state index contributed by atoms with van der Waals surface area (Å²) in [6.07, 6.45) is 1.90. The summed E-state index contributed by atoms with van der Waals surface area (Å²) in [7, 11) is 1.68. The molecular formula is C21H19N3O2S. The van der Waals surface area contributed by atoms with Gasteiger partial charge in [-0.1, -0.05) is 59.4 Å². The maximum atomic E-state index is 5.60. The molecule has 0 radical (unpaired) electrons. The highest BCUT2D eigenvalue weighted by Crippen LogP contribution is 2.34. The largest absolute Gasteiger partial charge is 0.495 e. The van der Waals surface area contributed by atoms with E-state index >= 15 is 0 Å². The Labute approximate surface area is 162 Å². The van der Waals surface area contributed by atoms with Gasteiger partial charge in [-0.15, -0.1) is 0 Å². The fourth-order valence-electron chi connectivity index (χ4n) is 2.92. The van der Waals surface area contributed by atoms with E-state index in [1.165, 1.54) is 0 Å². The number of aryl methyl sites for hydroxylation is 1. The smallest absolute Gasteiger partial charge is 0.173 e. The maximum Gasteiger partial charge on any atom is 0.173 e. The van der Waals surface area contributed by atoms with Gasteiger partial charge in [-0.3, -0.25) is 4.57 Å². The van der Waals surface area contributed by atoms with Gasteiger partial charge in [0.25, 0.3) is 0 Å². The molecule has 0 aliphatic carbocycles. The summed E-state index contributed by atoms with van der Waals surface area (Å²) in [5.74, 6) is 2.29. The van der Waals surface area contributed by atoms with Crippen molar-refractivity contribution < 1.29 is 9.26 Å². The molecule has 0 N–H and O–H groups in total. The Kier molecular flexibility index (Phi) is 4.98. The number of aromatic nitrogens is 3. The average Bonchev–Trinajstić information content (AvgIpc) is 3.33. The summed E-state index contributed by atoms with van der Waals surface area (Å²) in [5.41, 5.74) is 3.96. The molecule has 0 spiro atoms. The van der Waals surface area contributed by atoms with Crippen LogP contribution in [0.4, 0.5) is 0 Å². The van der Waals surface area contributed by atoms with Crippen LogP contribution >= 0.6 is 11.8 Å². The van der Waals surface area contributed by atoms with Gasteiger partial charge < -0.3 is 9.26 Å². The van der Waals surface area contributed by atoms with E-state index in [9.17, 15) is 0 Å². The first-order chi connectivity index (χ1) is 13.3. The number of para-hydroxylation sites is 2. The van der Waals surface area contributed by atoms with Gasteiger partial charge in [0, 0.05) is 17.4 Å². The molecule has 4 rings (SSSR count). The van der Waals surface area contributed by atoms with E-state index in [0.717, 1.165) is 39.3 Å². The Morgan fingerprint density at radius 2 is 1.85 bits per heavy atom. The Hall–Kier alpha value is -2.99. The lowest BCUT2D eigenvalue weighted by atomic mass is 10.1. The summed E-state index contributed by atoms with van der Waals surface area (Å²) in [4.78, 5) is 4.68. The van der Waals surface area contributed by atoms with E-state index < -0.39 is 0 Å². The summed E-state index contributed by atoms with van der Waals surface area (Å²) in [6, 6.07) is 20.1. The molecule has 0 atom stereocenters. The van der Waals surface area contributed by atoms with E-state index in [-0.39, 0.29) is 0 Å². The van der Waals surface area contributed by atoms with Crippen molar-refractivity contribution in [3.8, 4) is 22.7 Å². The predicted molar refractivity (Wildman–Crippen MR) is 106 cm³/mol. The van der Waals surface area contributed by atoms with Crippen LogP contribution in [0, 0.1) is 6.92 Å². The summed E-state index contributed by atoms with van der Waals surface area (Å²) >= 11 is 1.62. The molecule has 136 valence electrons. The number of methoxy groups -OCH3 is 1. The van der Waals surface area contributed by atoms with Gasteiger partial charge in [-0.05, 0) is 19.1 Å². The summed E-state index contributed by atoms with van der Waals surface area (Å²) in [5, 5.41) is 4.95. The van der Waals surface area contributed by atoms with Crippen LogP contribution in [0.25, 0.3) is 16.9 Å². The van der Waals surface area contributed by atoms with E-state index in [4.69, 9.17) is 9.26 Å². The molecule has 5 nitrogen and oxygen atoms in total. The van der Waals surface area contributed by atoms with Crippen molar-refractivity contribution in [3.63, 3.8) is 0 Å². The first-order valence-corrected chi connectivity index (χ1v) is 9.56. The number of nitrogens with zero attached hydrogens (tertiary/aromatic N) is 3. The second kappa shape index (κ2) is 7.72. The van der Waals surface area contributed by atoms with Crippen molar-refractivity contribution in [2.45, 2.75) is 17.8 Å². The average molecular weight is 377 g/mol. The Bertz CT molecular complexity index is 1040. The van der Waals surface area contributed by atoms with Crippen molar-refractivity contribution >= 4 is 11.8 Å². The Balaban J connectivity index is 1.78. The minimum Gasteiger partial charge on any atom is -0.495 e. The second-order valence-corrected chi connectivity index (χ2v) is 6.96. The van der Waals surface area contributed by atoms with E-state index in [2.05, 4.69) is 26.8 Å². The van der Waals surface area contributed by atoms with Crippen LogP contribution in [-0.4, -0.2) is 21.8 Å². The lowest BCUT2D eigenvalue weighted by Crippen LogP contribution is -2.02. The number of hydrogen-bond donors (Lipinski definition) is 0. The fraction of sp³-hybridized carbons (Fsp3) is 0.143. The topological polar surface area (TPSA) is 53.1 Å². The predicted octanol–water partition coefficient (Wildman–Crippen LogP) is 5.14. The second-order valence-electron chi connectivity index (χ2n) is 6.02. The van der Waals surface area contributed by atoms with Gasteiger partial charge in [0.15, 0.2) is 5.16 Å². The number of ether oxygens (including phenoxy) is 1. The van der Waals surface area contributed by atoms with Crippen LogP contribution < -0.4 is 4.74 Å². The molecule has 0 unspecified atom stereocenters. The van der Waals surface area contributed by atoms with E-state index in [1.807, 2.05) is 61.7 Å². The number of thioether (sulfide) groups is 1. The third-order valence-corrected chi connectivity index (χ3v) is 5.14. The molecule has 2 aromatic carbocycles. The molecule has 0 fully saturated rings. The SMILES string of the molecule is COc1ccccc1-n1c(-c2ccccc2)cnc1SCc1cc(C)on1. The minimum atomic E-state index is 0.678. The molecule has 27 heavy (non-hydrogen) atoms. The highest BCUT2D eigenvalue weighted by Gasteiger charge is 2.17. The van der Waals surface area contributed by atoms with Crippen LogP contribution in [0.3, 0.4) is 0 Å². The lowest BCUT2D eigenvalue weighted by Gasteiger charge is -2.15. The summed E-state index contributed by atoms with van der Waals surface area (Å²) < 4.78 is 12.9. The Morgan fingerprint density at radius 1 is 1.07 bits per heavy atom. The maximum absolute atomic E-state index is 5.60. The van der Waals surface area contributed by atoms with Crippen molar-refractivity contribution in [1.82, 2.24) is 14.7 Å². The zero-order valence-corrected chi connectivity index (χ0v) is 15.9.